The predicted molar refractivity (Wildman–Crippen MR) is 87.0 cm³/mol. The van der Waals surface area contributed by atoms with Gasteiger partial charge >= 0.3 is 0 Å². The van der Waals surface area contributed by atoms with Gasteiger partial charge in [0.15, 0.2) is 5.58 Å². The number of fused-ring (bicyclic) bond motifs is 1. The second-order valence-electron chi connectivity index (χ2n) is 6.04. The first kappa shape index (κ1) is 17.2. The van der Waals surface area contributed by atoms with E-state index in [4.69, 9.17) is 8.94 Å². The molecule has 0 unspecified atom stereocenters. The fraction of sp³-hybridized carbons (Fsp3) is 0.250. The SMILES string of the molecule is CC(C)(O)c1coc(S(=O)(=O)NC(=O)Cc2noc3ccccc23)c1. The van der Waals surface area contributed by atoms with E-state index in [0.717, 1.165) is 6.26 Å². The number of furan rings is 1. The molecule has 8 nitrogen and oxygen atoms in total. The molecule has 0 saturated heterocycles. The van der Waals surface area contributed by atoms with Gasteiger partial charge in [-0.25, -0.2) is 4.72 Å². The molecule has 3 rings (SSSR count). The third-order valence-electron chi connectivity index (χ3n) is 3.58. The number of benzene rings is 1. The van der Waals surface area contributed by atoms with Crippen LogP contribution < -0.4 is 4.72 Å². The lowest BCUT2D eigenvalue weighted by molar-refractivity contribution is -0.118. The lowest BCUT2D eigenvalue weighted by Gasteiger charge is -2.13. The molecule has 0 atom stereocenters. The van der Waals surface area contributed by atoms with Crippen molar-refractivity contribution in [3.63, 3.8) is 0 Å². The fourth-order valence-electron chi connectivity index (χ4n) is 2.23. The fourth-order valence-corrected chi connectivity index (χ4v) is 3.16. The highest BCUT2D eigenvalue weighted by Gasteiger charge is 2.26. The lowest BCUT2D eigenvalue weighted by Crippen LogP contribution is -2.31. The zero-order valence-corrected chi connectivity index (χ0v) is 14.3. The molecular weight excluding hydrogens is 348 g/mol. The first-order valence-corrected chi connectivity index (χ1v) is 8.85. The highest BCUT2D eigenvalue weighted by Crippen LogP contribution is 2.24. The smallest absolute Gasteiger partial charge is 0.297 e. The van der Waals surface area contributed by atoms with Gasteiger partial charge in [-0.15, -0.1) is 0 Å². The van der Waals surface area contributed by atoms with E-state index in [1.54, 1.807) is 24.3 Å². The molecule has 0 bridgehead atoms. The van der Waals surface area contributed by atoms with Crippen molar-refractivity contribution in [2.45, 2.75) is 31.0 Å². The van der Waals surface area contributed by atoms with Crippen LogP contribution >= 0.6 is 0 Å². The first-order chi connectivity index (χ1) is 11.7. The molecular formula is C16H16N2O6S. The van der Waals surface area contributed by atoms with Crippen molar-refractivity contribution >= 4 is 26.9 Å². The summed E-state index contributed by atoms with van der Waals surface area (Å²) in [6.07, 6.45) is 0.861. The van der Waals surface area contributed by atoms with Gasteiger partial charge in [0.25, 0.3) is 10.0 Å². The van der Waals surface area contributed by atoms with Crippen LogP contribution in [0.5, 0.6) is 0 Å². The highest BCUT2D eigenvalue weighted by molar-refractivity contribution is 7.89. The number of hydrogen-bond acceptors (Lipinski definition) is 7. The average Bonchev–Trinajstić information content (AvgIpc) is 3.14. The van der Waals surface area contributed by atoms with Crippen molar-refractivity contribution in [1.29, 1.82) is 0 Å². The molecule has 2 aromatic heterocycles. The lowest BCUT2D eigenvalue weighted by atomic mass is 10.0. The predicted octanol–water partition coefficient (Wildman–Crippen LogP) is 1.70. The van der Waals surface area contributed by atoms with E-state index >= 15 is 0 Å². The van der Waals surface area contributed by atoms with E-state index in [-0.39, 0.29) is 12.0 Å². The van der Waals surface area contributed by atoms with Crippen LogP contribution in [0.1, 0.15) is 25.1 Å². The molecule has 0 fully saturated rings. The van der Waals surface area contributed by atoms with E-state index in [2.05, 4.69) is 5.16 Å². The number of aliphatic hydroxyl groups is 1. The number of sulfonamides is 1. The van der Waals surface area contributed by atoms with Crippen LogP contribution in [-0.2, 0) is 26.8 Å². The molecule has 0 radical (unpaired) electrons. The van der Waals surface area contributed by atoms with Crippen LogP contribution in [0.2, 0.25) is 0 Å². The Kier molecular flexibility index (Phi) is 4.13. The number of rotatable bonds is 5. The second kappa shape index (κ2) is 6.01. The minimum absolute atomic E-state index is 0.269. The van der Waals surface area contributed by atoms with Gasteiger partial charge in [-0.1, -0.05) is 17.3 Å². The number of nitrogens with zero attached hydrogens (tertiary/aromatic N) is 1. The van der Waals surface area contributed by atoms with Crippen molar-refractivity contribution in [2.24, 2.45) is 0 Å². The van der Waals surface area contributed by atoms with Crippen molar-refractivity contribution in [3.05, 3.63) is 47.9 Å². The molecule has 0 aliphatic heterocycles. The summed E-state index contributed by atoms with van der Waals surface area (Å²) >= 11 is 0. The minimum atomic E-state index is -4.19. The van der Waals surface area contributed by atoms with E-state index in [1.807, 2.05) is 4.72 Å². The van der Waals surface area contributed by atoms with Gasteiger partial charge in [0.2, 0.25) is 11.0 Å². The second-order valence-corrected chi connectivity index (χ2v) is 7.66. The molecule has 132 valence electrons. The number of amides is 1. The van der Waals surface area contributed by atoms with Crippen LogP contribution in [0.4, 0.5) is 0 Å². The van der Waals surface area contributed by atoms with Crippen molar-refractivity contribution in [2.75, 3.05) is 0 Å². The maximum atomic E-state index is 12.2. The molecule has 3 aromatic rings. The standard InChI is InChI=1S/C16H16N2O6S/c1-16(2,20)10-7-15(23-9-10)25(21,22)18-14(19)8-12-11-5-3-4-6-13(11)24-17-12/h3-7,9,20H,8H2,1-2H3,(H,18,19). The van der Waals surface area contributed by atoms with Gasteiger partial charge in [0, 0.05) is 17.0 Å². The summed E-state index contributed by atoms with van der Waals surface area (Å²) in [7, 11) is -4.19. The summed E-state index contributed by atoms with van der Waals surface area (Å²) in [4.78, 5) is 12.1. The minimum Gasteiger partial charge on any atom is -0.451 e. The van der Waals surface area contributed by atoms with Crippen molar-refractivity contribution < 1.29 is 27.3 Å². The third kappa shape index (κ3) is 3.57. The van der Waals surface area contributed by atoms with Gasteiger partial charge < -0.3 is 14.0 Å². The van der Waals surface area contributed by atoms with E-state index in [9.17, 15) is 18.3 Å². The molecule has 2 N–H and O–H groups in total. The van der Waals surface area contributed by atoms with Crippen molar-refractivity contribution in [1.82, 2.24) is 9.88 Å². The van der Waals surface area contributed by atoms with Crippen LogP contribution in [0.25, 0.3) is 11.0 Å². The third-order valence-corrected chi connectivity index (χ3v) is 4.82. The Morgan fingerprint density at radius 3 is 2.72 bits per heavy atom. The molecule has 0 aliphatic rings. The Balaban J connectivity index is 1.76. The summed E-state index contributed by atoms with van der Waals surface area (Å²) in [5.74, 6) is -0.778. The average molecular weight is 364 g/mol. The number of nitrogens with one attached hydrogen (secondary N) is 1. The molecule has 9 heteroatoms. The Morgan fingerprint density at radius 2 is 2.04 bits per heavy atom. The quantitative estimate of drug-likeness (QED) is 0.706. The molecule has 1 amide bonds. The van der Waals surface area contributed by atoms with Gasteiger partial charge in [0.1, 0.15) is 5.69 Å². The van der Waals surface area contributed by atoms with Gasteiger partial charge in [-0.3, -0.25) is 4.79 Å². The monoisotopic (exact) mass is 364 g/mol. The Labute approximate surface area is 143 Å². The first-order valence-electron chi connectivity index (χ1n) is 7.37. The van der Waals surface area contributed by atoms with Crippen LogP contribution in [0.15, 0.2) is 50.6 Å². The molecule has 1 aromatic carbocycles. The molecule has 0 saturated carbocycles. The number of carbonyl (C=O) groups excluding carboxylic acids is 1. The normalized spacial score (nSPS) is 12.4. The Morgan fingerprint density at radius 1 is 1.32 bits per heavy atom. The molecule has 0 aliphatic carbocycles. The summed E-state index contributed by atoms with van der Waals surface area (Å²) in [6, 6.07) is 8.12. The maximum Gasteiger partial charge on any atom is 0.297 e. The summed E-state index contributed by atoms with van der Waals surface area (Å²) in [5.41, 5.74) is -0.141. The largest absolute Gasteiger partial charge is 0.451 e. The van der Waals surface area contributed by atoms with Crippen LogP contribution in [-0.4, -0.2) is 24.6 Å². The van der Waals surface area contributed by atoms with E-state index in [1.165, 1.54) is 19.9 Å². The highest BCUT2D eigenvalue weighted by atomic mass is 32.2. The zero-order valence-electron chi connectivity index (χ0n) is 13.5. The van der Waals surface area contributed by atoms with Crippen LogP contribution in [0, 0.1) is 0 Å². The number of para-hydroxylation sites is 1. The van der Waals surface area contributed by atoms with Crippen LogP contribution in [0.3, 0.4) is 0 Å². The van der Waals surface area contributed by atoms with E-state index < -0.39 is 26.6 Å². The summed E-state index contributed by atoms with van der Waals surface area (Å²) in [6.45, 7) is 2.98. The molecule has 25 heavy (non-hydrogen) atoms. The number of hydrogen-bond donors (Lipinski definition) is 2. The summed E-state index contributed by atoms with van der Waals surface area (Å²) in [5, 5.41) is 13.8. The molecule has 0 spiro atoms. The van der Waals surface area contributed by atoms with Gasteiger partial charge in [0.05, 0.1) is 18.3 Å². The van der Waals surface area contributed by atoms with Gasteiger partial charge in [-0.05, 0) is 26.0 Å². The van der Waals surface area contributed by atoms with E-state index in [0.29, 0.717) is 16.7 Å². The topological polar surface area (TPSA) is 123 Å². The number of aromatic nitrogens is 1. The maximum absolute atomic E-state index is 12.2. The van der Waals surface area contributed by atoms with Crippen molar-refractivity contribution in [3.8, 4) is 0 Å². The molecule has 2 heterocycles. The zero-order chi connectivity index (χ0) is 18.2. The van der Waals surface area contributed by atoms with Gasteiger partial charge in [-0.2, -0.15) is 8.42 Å². The number of carbonyl (C=O) groups is 1. The Bertz CT molecular complexity index is 1030. The summed E-state index contributed by atoms with van der Waals surface area (Å²) < 4.78 is 36.4. The Hall–Kier alpha value is -2.65.